The Labute approximate surface area is 118 Å². The first-order chi connectivity index (χ1) is 9.66. The summed E-state index contributed by atoms with van der Waals surface area (Å²) in [5, 5.41) is 12.1. The Balaban J connectivity index is 3.35. The van der Waals surface area contributed by atoms with Gasteiger partial charge < -0.3 is 5.11 Å². The van der Waals surface area contributed by atoms with Gasteiger partial charge in [0.2, 0.25) is 0 Å². The molecule has 21 heavy (non-hydrogen) atoms. The zero-order valence-corrected chi connectivity index (χ0v) is 11.3. The van der Waals surface area contributed by atoms with E-state index in [-0.39, 0.29) is 11.3 Å². The quantitative estimate of drug-likeness (QED) is 0.513. The van der Waals surface area contributed by atoms with Crippen LogP contribution in [-0.4, -0.2) is 18.1 Å². The minimum Gasteiger partial charge on any atom is -0.478 e. The van der Waals surface area contributed by atoms with Crippen molar-refractivity contribution < 1.29 is 23.1 Å². The summed E-state index contributed by atoms with van der Waals surface area (Å²) in [6.07, 6.45) is -2.46. The molecule has 1 unspecified atom stereocenters. The average molecular weight is 302 g/mol. The molecule has 0 aliphatic rings. The molecule has 1 aromatic rings. The van der Waals surface area contributed by atoms with Crippen molar-refractivity contribution >= 4 is 11.7 Å². The lowest BCUT2D eigenvalue weighted by molar-refractivity contribution is -0.137. The number of nitrogens with zero attached hydrogens (tertiary/aromatic N) is 2. The van der Waals surface area contributed by atoms with Crippen LogP contribution in [0.5, 0.6) is 0 Å². The zero-order chi connectivity index (χ0) is 16.2. The van der Waals surface area contributed by atoms with Gasteiger partial charge in [-0.2, -0.15) is 13.2 Å². The maximum absolute atomic E-state index is 12.7. The van der Waals surface area contributed by atoms with Gasteiger partial charge in [0.1, 0.15) is 0 Å². The molecular weight excluding hydrogens is 289 g/mol. The van der Waals surface area contributed by atoms with Gasteiger partial charge in [-0.1, -0.05) is 13.0 Å². The van der Waals surface area contributed by atoms with Gasteiger partial charge in [0.15, 0.2) is 0 Å². The topological polar surface area (TPSA) is 70.0 Å². The van der Waals surface area contributed by atoms with Crippen LogP contribution in [0.1, 0.15) is 24.0 Å². The third-order valence-electron chi connectivity index (χ3n) is 2.84. The third-order valence-corrected chi connectivity index (χ3v) is 2.84. The molecule has 8 heteroatoms. The van der Waals surface area contributed by atoms with Crippen molar-refractivity contribution in [2.45, 2.75) is 19.0 Å². The standard InChI is InChI=1S/C13H13F3N2O3/c1-8(3-6-12(19)20)10-7-9(13(14,15)16)4-5-11(10)18(2)17-21/h3-8H,1-2H3,(H,19,20)/b6-3+. The molecule has 0 radical (unpaired) electrons. The van der Waals surface area contributed by atoms with Crippen LogP contribution in [-0.2, 0) is 11.0 Å². The number of carboxylic acid groups (broad SMARTS) is 1. The summed E-state index contributed by atoms with van der Waals surface area (Å²) in [7, 11) is 1.30. The van der Waals surface area contributed by atoms with Crippen molar-refractivity contribution in [3.8, 4) is 0 Å². The Kier molecular flexibility index (Phi) is 5.07. The van der Waals surface area contributed by atoms with E-state index < -0.39 is 23.6 Å². The van der Waals surface area contributed by atoms with E-state index in [1.807, 2.05) is 0 Å². The fourth-order valence-corrected chi connectivity index (χ4v) is 1.76. The number of alkyl halides is 3. The Hall–Kier alpha value is -2.38. The number of aliphatic carboxylic acids is 1. The number of nitroso groups, excluding NO2 is 1. The number of hydrogen-bond donors (Lipinski definition) is 1. The van der Waals surface area contributed by atoms with Crippen LogP contribution in [0.2, 0.25) is 0 Å². The van der Waals surface area contributed by atoms with Crippen molar-refractivity contribution in [2.24, 2.45) is 5.29 Å². The average Bonchev–Trinajstić information content (AvgIpc) is 2.42. The molecule has 0 saturated heterocycles. The van der Waals surface area contributed by atoms with Crippen LogP contribution in [0.4, 0.5) is 18.9 Å². The number of anilines is 1. The van der Waals surface area contributed by atoms with Crippen molar-refractivity contribution in [1.82, 2.24) is 0 Å². The number of benzene rings is 1. The van der Waals surface area contributed by atoms with Gasteiger partial charge in [-0.15, -0.1) is 4.91 Å². The molecule has 1 atom stereocenters. The van der Waals surface area contributed by atoms with Gasteiger partial charge in [0.05, 0.1) is 16.5 Å². The molecule has 0 fully saturated rings. The van der Waals surface area contributed by atoms with Crippen molar-refractivity contribution in [3.05, 3.63) is 46.4 Å². The molecule has 0 aliphatic carbocycles. The lowest BCUT2D eigenvalue weighted by atomic mass is 9.96. The molecule has 5 nitrogen and oxygen atoms in total. The van der Waals surface area contributed by atoms with E-state index >= 15 is 0 Å². The fraction of sp³-hybridized carbons (Fsp3) is 0.308. The number of allylic oxidation sites excluding steroid dienone is 1. The maximum Gasteiger partial charge on any atom is 0.416 e. The van der Waals surface area contributed by atoms with Crippen molar-refractivity contribution in [3.63, 3.8) is 0 Å². The maximum atomic E-state index is 12.7. The molecule has 1 rings (SSSR count). The van der Waals surface area contributed by atoms with E-state index in [9.17, 15) is 22.9 Å². The third kappa shape index (κ3) is 4.30. The highest BCUT2D eigenvalue weighted by Gasteiger charge is 2.31. The molecular formula is C13H13F3N2O3. The smallest absolute Gasteiger partial charge is 0.416 e. The molecule has 0 bridgehead atoms. The molecule has 1 N–H and O–H groups in total. The van der Waals surface area contributed by atoms with Crippen molar-refractivity contribution in [1.29, 1.82) is 0 Å². The van der Waals surface area contributed by atoms with E-state index in [0.717, 1.165) is 29.3 Å². The predicted molar refractivity (Wildman–Crippen MR) is 70.8 cm³/mol. The van der Waals surface area contributed by atoms with E-state index in [4.69, 9.17) is 5.11 Å². The lowest BCUT2D eigenvalue weighted by Gasteiger charge is -2.19. The first kappa shape index (κ1) is 16.7. The van der Waals surface area contributed by atoms with Gasteiger partial charge in [-0.05, 0) is 23.8 Å². The minimum absolute atomic E-state index is 0.157. The van der Waals surface area contributed by atoms with Crippen LogP contribution in [0.15, 0.2) is 35.6 Å². The van der Waals surface area contributed by atoms with Crippen LogP contribution >= 0.6 is 0 Å². The van der Waals surface area contributed by atoms with Crippen LogP contribution in [0, 0.1) is 4.91 Å². The summed E-state index contributed by atoms with van der Waals surface area (Å²) < 4.78 is 38.2. The zero-order valence-electron chi connectivity index (χ0n) is 11.3. The SMILES string of the molecule is CC(/C=C/C(=O)O)c1cc(C(F)(F)F)ccc1N(C)N=O. The summed E-state index contributed by atoms with van der Waals surface area (Å²) in [4.78, 5) is 21.1. The Morgan fingerprint density at radius 2 is 2.05 bits per heavy atom. The Morgan fingerprint density at radius 1 is 1.43 bits per heavy atom. The van der Waals surface area contributed by atoms with Crippen LogP contribution in [0.3, 0.4) is 0 Å². The summed E-state index contributed by atoms with van der Waals surface area (Å²) in [5.41, 5.74) is -0.541. The molecule has 0 heterocycles. The number of halogens is 3. The van der Waals surface area contributed by atoms with Gasteiger partial charge in [0.25, 0.3) is 0 Å². The molecule has 0 saturated carbocycles. The molecule has 0 amide bonds. The summed E-state index contributed by atoms with van der Waals surface area (Å²) in [6.45, 7) is 1.52. The Bertz CT molecular complexity index is 570. The number of hydrogen-bond acceptors (Lipinski definition) is 3. The summed E-state index contributed by atoms with van der Waals surface area (Å²) in [5.74, 6) is -1.85. The van der Waals surface area contributed by atoms with Crippen molar-refractivity contribution in [2.75, 3.05) is 12.1 Å². The summed E-state index contributed by atoms with van der Waals surface area (Å²) >= 11 is 0. The normalized spacial score (nSPS) is 13.2. The van der Waals surface area contributed by atoms with E-state index in [0.29, 0.717) is 0 Å². The second-order valence-corrected chi connectivity index (χ2v) is 4.36. The lowest BCUT2D eigenvalue weighted by Crippen LogP contribution is -2.13. The number of carboxylic acids is 1. The largest absolute Gasteiger partial charge is 0.478 e. The second-order valence-electron chi connectivity index (χ2n) is 4.36. The summed E-state index contributed by atoms with van der Waals surface area (Å²) in [6, 6.07) is 2.85. The number of carbonyl (C=O) groups is 1. The first-order valence-electron chi connectivity index (χ1n) is 5.86. The van der Waals surface area contributed by atoms with Gasteiger partial charge in [-0.25, -0.2) is 9.80 Å². The van der Waals surface area contributed by atoms with E-state index in [2.05, 4.69) is 5.29 Å². The van der Waals surface area contributed by atoms with Crippen LogP contribution < -0.4 is 5.01 Å². The Morgan fingerprint density at radius 3 is 2.52 bits per heavy atom. The highest BCUT2D eigenvalue weighted by Crippen LogP contribution is 2.36. The van der Waals surface area contributed by atoms with Crippen LogP contribution in [0.25, 0.3) is 0 Å². The van der Waals surface area contributed by atoms with Gasteiger partial charge in [0, 0.05) is 19.0 Å². The highest BCUT2D eigenvalue weighted by atomic mass is 19.4. The number of rotatable bonds is 5. The monoisotopic (exact) mass is 302 g/mol. The second kappa shape index (κ2) is 6.38. The van der Waals surface area contributed by atoms with Gasteiger partial charge >= 0.3 is 12.1 Å². The molecule has 0 aliphatic heterocycles. The molecule has 114 valence electrons. The van der Waals surface area contributed by atoms with Gasteiger partial charge in [-0.3, -0.25) is 0 Å². The molecule has 0 aromatic heterocycles. The first-order valence-corrected chi connectivity index (χ1v) is 5.86. The molecule has 0 spiro atoms. The minimum atomic E-state index is -4.53. The van der Waals surface area contributed by atoms with E-state index in [1.54, 1.807) is 0 Å². The molecule has 1 aromatic carbocycles. The fourth-order valence-electron chi connectivity index (χ4n) is 1.76. The highest BCUT2D eigenvalue weighted by molar-refractivity contribution is 5.80. The predicted octanol–water partition coefficient (Wildman–Crippen LogP) is 3.57. The van der Waals surface area contributed by atoms with E-state index in [1.165, 1.54) is 20.0 Å².